The monoisotopic (exact) mass is 372 g/mol. The van der Waals surface area contributed by atoms with E-state index in [2.05, 4.69) is 25.3 Å². The average molecular weight is 372 g/mol. The number of benzene rings is 1. The van der Waals surface area contributed by atoms with Crippen LogP contribution in [0.3, 0.4) is 0 Å². The Labute approximate surface area is 159 Å². The first kappa shape index (κ1) is 16.2. The highest BCUT2D eigenvalue weighted by Crippen LogP contribution is 2.31. The first-order chi connectivity index (χ1) is 13.8. The first-order valence-corrected chi connectivity index (χ1v) is 8.77. The summed E-state index contributed by atoms with van der Waals surface area (Å²) in [6.07, 6.45) is 3.34. The van der Waals surface area contributed by atoms with Crippen molar-refractivity contribution in [2.75, 3.05) is 0 Å². The van der Waals surface area contributed by atoms with Crippen LogP contribution < -0.4 is 0 Å². The number of aryl methyl sites for hydroxylation is 1. The highest BCUT2D eigenvalue weighted by atomic mass is 16.5. The van der Waals surface area contributed by atoms with Gasteiger partial charge in [-0.2, -0.15) is 10.1 Å². The third-order valence-electron chi connectivity index (χ3n) is 4.35. The molecule has 0 radical (unpaired) electrons. The van der Waals surface area contributed by atoms with Crippen LogP contribution in [0.15, 0.2) is 70.1 Å². The van der Waals surface area contributed by atoms with Crippen molar-refractivity contribution in [2.24, 2.45) is 0 Å². The fourth-order valence-electron chi connectivity index (χ4n) is 3.09. The van der Waals surface area contributed by atoms with E-state index in [0.717, 1.165) is 28.3 Å². The van der Waals surface area contributed by atoms with Crippen molar-refractivity contribution >= 4 is 0 Å². The molecule has 0 saturated carbocycles. The van der Waals surface area contributed by atoms with Gasteiger partial charge in [-0.3, -0.25) is 5.10 Å². The van der Waals surface area contributed by atoms with E-state index in [-0.39, 0.29) is 0 Å². The van der Waals surface area contributed by atoms with Crippen molar-refractivity contribution in [1.82, 2.24) is 29.9 Å². The molecular weight excluding hydrogens is 356 g/mol. The summed E-state index contributed by atoms with van der Waals surface area (Å²) < 4.78 is 12.6. The molecule has 4 heterocycles. The van der Waals surface area contributed by atoms with Gasteiger partial charge in [0.25, 0.3) is 5.89 Å². The lowest BCUT2D eigenvalue weighted by atomic mass is 10.1. The van der Waals surface area contributed by atoms with Gasteiger partial charge in [0.15, 0.2) is 11.6 Å². The van der Waals surface area contributed by atoms with Crippen molar-refractivity contribution in [1.29, 1.82) is 0 Å². The van der Waals surface area contributed by atoms with E-state index in [1.807, 2.05) is 47.9 Å². The number of aromatic nitrogens is 6. The summed E-state index contributed by atoms with van der Waals surface area (Å²) in [5, 5.41) is 11.5. The van der Waals surface area contributed by atoms with E-state index in [0.29, 0.717) is 24.0 Å². The molecule has 8 nitrogen and oxygen atoms in total. The summed E-state index contributed by atoms with van der Waals surface area (Å²) in [7, 11) is 0. The van der Waals surface area contributed by atoms with E-state index >= 15 is 0 Å². The number of nitrogens with one attached hydrogen (secondary N) is 1. The van der Waals surface area contributed by atoms with Crippen molar-refractivity contribution in [2.45, 2.75) is 13.5 Å². The number of nitrogens with zero attached hydrogens (tertiary/aromatic N) is 5. The fourth-order valence-corrected chi connectivity index (χ4v) is 3.09. The van der Waals surface area contributed by atoms with Crippen LogP contribution in [0.1, 0.15) is 11.5 Å². The predicted octanol–water partition coefficient (Wildman–Crippen LogP) is 3.94. The summed E-state index contributed by atoms with van der Waals surface area (Å²) in [5.74, 6) is 1.41. The maximum atomic E-state index is 5.31. The fraction of sp³-hybridized carbons (Fsp3) is 0.100. The molecule has 1 N–H and O–H groups in total. The minimum atomic E-state index is 0.348. The highest BCUT2D eigenvalue weighted by Gasteiger charge is 2.19. The molecule has 4 aromatic heterocycles. The Morgan fingerprint density at radius 1 is 1.11 bits per heavy atom. The molecule has 0 unspecified atom stereocenters. The Bertz CT molecular complexity index is 1200. The summed E-state index contributed by atoms with van der Waals surface area (Å²) >= 11 is 0. The Balaban J connectivity index is 1.55. The van der Waals surface area contributed by atoms with Gasteiger partial charge < -0.3 is 13.5 Å². The number of hydrogen-bond donors (Lipinski definition) is 1. The molecule has 28 heavy (non-hydrogen) atoms. The molecule has 0 aliphatic heterocycles. The largest absolute Gasteiger partial charge is 0.459 e. The second-order valence-corrected chi connectivity index (χ2v) is 6.36. The molecule has 0 saturated heterocycles. The van der Waals surface area contributed by atoms with E-state index in [4.69, 9.17) is 8.94 Å². The van der Waals surface area contributed by atoms with Gasteiger partial charge in [-0.05, 0) is 25.1 Å². The van der Waals surface area contributed by atoms with Crippen LogP contribution >= 0.6 is 0 Å². The highest BCUT2D eigenvalue weighted by molar-refractivity contribution is 5.76. The van der Waals surface area contributed by atoms with E-state index in [1.54, 1.807) is 24.7 Å². The molecule has 0 aliphatic carbocycles. The molecule has 8 heteroatoms. The van der Waals surface area contributed by atoms with Crippen molar-refractivity contribution < 1.29 is 8.94 Å². The Kier molecular flexibility index (Phi) is 3.86. The number of rotatable bonds is 5. The lowest BCUT2D eigenvalue weighted by Gasteiger charge is -2.06. The van der Waals surface area contributed by atoms with Gasteiger partial charge in [0.2, 0.25) is 0 Å². The quantitative estimate of drug-likeness (QED) is 0.502. The third-order valence-corrected chi connectivity index (χ3v) is 4.35. The molecule has 1 aromatic carbocycles. The SMILES string of the molecule is Cc1cc(-c2c(-c3ccccc3)ncn2Cc2noc(-c3ccco3)n2)n[nH]1. The van der Waals surface area contributed by atoms with Crippen LogP contribution in [0.2, 0.25) is 0 Å². The van der Waals surface area contributed by atoms with Gasteiger partial charge in [-0.1, -0.05) is 35.5 Å². The number of furan rings is 1. The van der Waals surface area contributed by atoms with Gasteiger partial charge in [-0.15, -0.1) is 0 Å². The Morgan fingerprint density at radius 2 is 2.00 bits per heavy atom. The van der Waals surface area contributed by atoms with E-state index in [9.17, 15) is 0 Å². The average Bonchev–Trinajstić information content (AvgIpc) is 3.50. The maximum absolute atomic E-state index is 5.31. The lowest BCUT2D eigenvalue weighted by Crippen LogP contribution is -2.03. The van der Waals surface area contributed by atoms with Crippen molar-refractivity contribution in [3.8, 4) is 34.3 Å². The smallest absolute Gasteiger partial charge is 0.293 e. The predicted molar refractivity (Wildman–Crippen MR) is 101 cm³/mol. The van der Waals surface area contributed by atoms with Crippen LogP contribution in [-0.2, 0) is 6.54 Å². The number of hydrogen-bond acceptors (Lipinski definition) is 6. The van der Waals surface area contributed by atoms with Crippen LogP contribution in [0.5, 0.6) is 0 Å². The van der Waals surface area contributed by atoms with Crippen LogP contribution in [0.25, 0.3) is 34.3 Å². The summed E-state index contributed by atoms with van der Waals surface area (Å²) in [5.41, 5.74) is 4.54. The third kappa shape index (κ3) is 2.90. The number of H-pyrrole nitrogens is 1. The normalized spacial score (nSPS) is 11.2. The van der Waals surface area contributed by atoms with Gasteiger partial charge in [0.1, 0.15) is 5.69 Å². The van der Waals surface area contributed by atoms with Crippen molar-refractivity contribution in [3.63, 3.8) is 0 Å². The van der Waals surface area contributed by atoms with Crippen LogP contribution in [-0.4, -0.2) is 29.9 Å². The van der Waals surface area contributed by atoms with E-state index < -0.39 is 0 Å². The maximum Gasteiger partial charge on any atom is 0.293 e. The van der Waals surface area contributed by atoms with Gasteiger partial charge >= 0.3 is 0 Å². The second-order valence-electron chi connectivity index (χ2n) is 6.36. The van der Waals surface area contributed by atoms with Crippen molar-refractivity contribution in [3.05, 3.63) is 72.6 Å². The molecule has 0 amide bonds. The molecule has 0 bridgehead atoms. The number of aromatic amines is 1. The summed E-state index contributed by atoms with van der Waals surface area (Å²) in [6, 6.07) is 15.6. The molecule has 0 aliphatic rings. The molecule has 5 aromatic rings. The zero-order valence-electron chi connectivity index (χ0n) is 15.0. The molecular formula is C20H16N6O2. The summed E-state index contributed by atoms with van der Waals surface area (Å²) in [6.45, 7) is 2.36. The first-order valence-electron chi connectivity index (χ1n) is 8.77. The van der Waals surface area contributed by atoms with Gasteiger partial charge in [0, 0.05) is 11.3 Å². The lowest BCUT2D eigenvalue weighted by molar-refractivity contribution is 0.407. The minimum absolute atomic E-state index is 0.348. The van der Waals surface area contributed by atoms with Crippen LogP contribution in [0, 0.1) is 6.92 Å². The van der Waals surface area contributed by atoms with Gasteiger partial charge in [0.05, 0.1) is 30.5 Å². The van der Waals surface area contributed by atoms with E-state index in [1.165, 1.54) is 0 Å². The summed E-state index contributed by atoms with van der Waals surface area (Å²) in [4.78, 5) is 9.05. The Morgan fingerprint density at radius 3 is 2.75 bits per heavy atom. The molecule has 0 fully saturated rings. The topological polar surface area (TPSA) is 98.6 Å². The standard InChI is InChI=1S/C20H16N6O2/c1-13-10-15(24-23-13)19-18(14-6-3-2-4-7-14)21-12-26(19)11-17-22-20(28-25-17)16-8-5-9-27-16/h2-10,12H,11H2,1H3,(H,23,24). The minimum Gasteiger partial charge on any atom is -0.459 e. The number of imidazole rings is 1. The molecule has 0 atom stereocenters. The molecule has 138 valence electrons. The second kappa shape index (κ2) is 6.66. The molecule has 5 rings (SSSR count). The van der Waals surface area contributed by atoms with Crippen LogP contribution in [0.4, 0.5) is 0 Å². The zero-order valence-corrected chi connectivity index (χ0v) is 15.0. The zero-order chi connectivity index (χ0) is 18.9. The van der Waals surface area contributed by atoms with Gasteiger partial charge in [-0.25, -0.2) is 4.98 Å². The Hall–Kier alpha value is -3.94. The molecule has 0 spiro atoms.